The molecule has 0 unspecified atom stereocenters. The molecule has 2 rings (SSSR count). The molecule has 1 aromatic heterocycles. The van der Waals surface area contributed by atoms with Crippen molar-refractivity contribution in [2.24, 2.45) is 0 Å². The molecular formula is C13H13FN2O3S. The van der Waals surface area contributed by atoms with Gasteiger partial charge in [-0.25, -0.2) is 12.8 Å². The molecule has 0 aliphatic carbocycles. The van der Waals surface area contributed by atoms with E-state index < -0.39 is 21.3 Å². The number of halogens is 1. The summed E-state index contributed by atoms with van der Waals surface area (Å²) in [6, 6.07) is 6.65. The number of hydrogen-bond acceptors (Lipinski definition) is 3. The average Bonchev–Trinajstić information content (AvgIpc) is 2.41. The summed E-state index contributed by atoms with van der Waals surface area (Å²) in [4.78, 5) is 13.9. The third kappa shape index (κ3) is 2.94. The summed E-state index contributed by atoms with van der Waals surface area (Å²) >= 11 is 0. The molecule has 0 aliphatic heterocycles. The summed E-state index contributed by atoms with van der Waals surface area (Å²) in [5, 5.41) is 0. The number of hydrogen-bond donors (Lipinski definition) is 1. The molecular weight excluding hydrogens is 283 g/mol. The Morgan fingerprint density at radius 1 is 1.20 bits per heavy atom. The van der Waals surface area contributed by atoms with Crippen molar-refractivity contribution in [2.75, 3.05) is 7.05 Å². The number of nitrogens with one attached hydrogen (secondary N) is 1. The van der Waals surface area contributed by atoms with Crippen molar-refractivity contribution < 1.29 is 12.8 Å². The first-order valence-electron chi connectivity index (χ1n) is 5.79. The molecule has 7 heteroatoms. The molecule has 0 saturated heterocycles. The van der Waals surface area contributed by atoms with Crippen LogP contribution in [0.4, 0.5) is 4.39 Å². The molecule has 5 nitrogen and oxygen atoms in total. The Morgan fingerprint density at radius 2 is 1.85 bits per heavy atom. The van der Waals surface area contributed by atoms with Gasteiger partial charge < -0.3 is 4.98 Å². The Labute approximate surface area is 115 Å². The highest BCUT2D eigenvalue weighted by Gasteiger charge is 2.23. The lowest BCUT2D eigenvalue weighted by atomic mass is 10.2. The molecule has 0 saturated carbocycles. The zero-order valence-electron chi connectivity index (χ0n) is 10.7. The number of aromatic amines is 1. The zero-order chi connectivity index (χ0) is 14.8. The Hall–Kier alpha value is -1.99. The lowest BCUT2D eigenvalue weighted by molar-refractivity contribution is 0.465. The van der Waals surface area contributed by atoms with E-state index in [9.17, 15) is 17.6 Å². The van der Waals surface area contributed by atoms with Gasteiger partial charge in [-0.05, 0) is 17.7 Å². The first-order chi connectivity index (χ1) is 9.41. The number of nitrogens with zero attached hydrogens (tertiary/aromatic N) is 1. The van der Waals surface area contributed by atoms with Gasteiger partial charge in [0, 0.05) is 32.1 Å². The van der Waals surface area contributed by atoms with Crippen LogP contribution in [-0.4, -0.2) is 24.8 Å². The van der Waals surface area contributed by atoms with E-state index >= 15 is 0 Å². The van der Waals surface area contributed by atoms with Crippen molar-refractivity contribution in [3.63, 3.8) is 0 Å². The maximum atomic E-state index is 12.8. The predicted molar refractivity (Wildman–Crippen MR) is 72.1 cm³/mol. The largest absolute Gasteiger partial charge is 0.366 e. The van der Waals surface area contributed by atoms with E-state index in [1.165, 1.54) is 37.5 Å². The highest BCUT2D eigenvalue weighted by Crippen LogP contribution is 2.13. The van der Waals surface area contributed by atoms with Gasteiger partial charge in [-0.15, -0.1) is 0 Å². The van der Waals surface area contributed by atoms with Crippen LogP contribution in [0.25, 0.3) is 0 Å². The van der Waals surface area contributed by atoms with E-state index in [4.69, 9.17) is 0 Å². The number of aromatic nitrogens is 1. The van der Waals surface area contributed by atoms with E-state index in [1.807, 2.05) is 0 Å². The minimum Gasteiger partial charge on any atom is -0.366 e. The van der Waals surface area contributed by atoms with Gasteiger partial charge in [0.2, 0.25) is 15.5 Å². The van der Waals surface area contributed by atoms with Crippen molar-refractivity contribution in [3.05, 3.63) is 64.3 Å². The fourth-order valence-electron chi connectivity index (χ4n) is 1.70. The molecule has 1 N–H and O–H groups in total. The van der Waals surface area contributed by atoms with Crippen LogP contribution in [0, 0.1) is 5.82 Å². The van der Waals surface area contributed by atoms with Gasteiger partial charge in [0.1, 0.15) is 10.7 Å². The van der Waals surface area contributed by atoms with Crippen LogP contribution in [0.15, 0.2) is 52.4 Å². The van der Waals surface area contributed by atoms with E-state index in [0.717, 1.165) is 16.6 Å². The molecule has 1 heterocycles. The molecule has 0 fully saturated rings. The van der Waals surface area contributed by atoms with Crippen molar-refractivity contribution in [2.45, 2.75) is 11.4 Å². The highest BCUT2D eigenvalue weighted by molar-refractivity contribution is 7.89. The average molecular weight is 296 g/mol. The second-order valence-corrected chi connectivity index (χ2v) is 6.27. The number of sulfonamides is 1. The van der Waals surface area contributed by atoms with Crippen LogP contribution in [-0.2, 0) is 16.6 Å². The Kier molecular flexibility index (Phi) is 4.01. The summed E-state index contributed by atoms with van der Waals surface area (Å²) in [5.41, 5.74) is 0.0551. The monoisotopic (exact) mass is 296 g/mol. The zero-order valence-corrected chi connectivity index (χ0v) is 11.5. The van der Waals surface area contributed by atoms with Crippen LogP contribution in [0.5, 0.6) is 0 Å². The molecule has 0 amide bonds. The normalized spacial score (nSPS) is 11.8. The van der Waals surface area contributed by atoms with Gasteiger partial charge in [-0.3, -0.25) is 4.79 Å². The van der Waals surface area contributed by atoms with Crippen LogP contribution < -0.4 is 5.43 Å². The quantitative estimate of drug-likeness (QED) is 0.925. The first-order valence-corrected chi connectivity index (χ1v) is 7.23. The van der Waals surface area contributed by atoms with Crippen LogP contribution >= 0.6 is 0 Å². The second kappa shape index (κ2) is 5.56. The Morgan fingerprint density at radius 3 is 2.45 bits per heavy atom. The van der Waals surface area contributed by atoms with Gasteiger partial charge in [-0.2, -0.15) is 4.31 Å². The Balaban J connectivity index is 2.28. The summed E-state index contributed by atoms with van der Waals surface area (Å²) in [6.45, 7) is 0.0525. The van der Waals surface area contributed by atoms with Crippen molar-refractivity contribution in [1.82, 2.24) is 9.29 Å². The van der Waals surface area contributed by atoms with Gasteiger partial charge in [0.15, 0.2) is 0 Å². The van der Waals surface area contributed by atoms with Crippen molar-refractivity contribution in [1.29, 1.82) is 0 Å². The minimum atomic E-state index is -3.88. The third-order valence-electron chi connectivity index (χ3n) is 2.79. The van der Waals surface area contributed by atoms with Gasteiger partial charge in [-0.1, -0.05) is 12.1 Å². The van der Waals surface area contributed by atoms with Crippen molar-refractivity contribution in [3.8, 4) is 0 Å². The summed E-state index contributed by atoms with van der Waals surface area (Å²) < 4.78 is 38.4. The van der Waals surface area contributed by atoms with E-state index in [1.54, 1.807) is 0 Å². The fourth-order valence-corrected chi connectivity index (χ4v) is 2.90. The number of rotatable bonds is 4. The molecule has 20 heavy (non-hydrogen) atoms. The smallest absolute Gasteiger partial charge is 0.248 e. The lowest BCUT2D eigenvalue weighted by Gasteiger charge is -2.16. The maximum absolute atomic E-state index is 12.8. The van der Waals surface area contributed by atoms with Crippen LogP contribution in [0.1, 0.15) is 5.56 Å². The standard InChI is InChI=1S/C13H13FN2O3S/c1-16(9-10-2-4-11(14)5-3-10)20(18,19)13-8-15-7-6-12(13)17/h2-8H,9H2,1H3,(H,15,17). The Bertz CT molecular complexity index is 754. The van der Waals surface area contributed by atoms with Gasteiger partial charge in [0.25, 0.3) is 0 Å². The molecule has 1 aromatic carbocycles. The van der Waals surface area contributed by atoms with E-state index in [0.29, 0.717) is 5.56 Å². The molecule has 0 spiro atoms. The minimum absolute atomic E-state index is 0.0525. The van der Waals surface area contributed by atoms with Crippen molar-refractivity contribution >= 4 is 10.0 Å². The highest BCUT2D eigenvalue weighted by atomic mass is 32.2. The van der Waals surface area contributed by atoms with E-state index in [2.05, 4.69) is 4.98 Å². The first kappa shape index (κ1) is 14.4. The lowest BCUT2D eigenvalue weighted by Crippen LogP contribution is -2.30. The van der Waals surface area contributed by atoms with Gasteiger partial charge >= 0.3 is 0 Å². The molecule has 0 bridgehead atoms. The topological polar surface area (TPSA) is 70.2 Å². The molecule has 2 aromatic rings. The molecule has 0 aliphatic rings. The summed E-state index contributed by atoms with van der Waals surface area (Å²) in [6.07, 6.45) is 2.51. The van der Waals surface area contributed by atoms with Crippen LogP contribution in [0.2, 0.25) is 0 Å². The maximum Gasteiger partial charge on any atom is 0.248 e. The predicted octanol–water partition coefficient (Wildman–Crippen LogP) is 1.33. The van der Waals surface area contributed by atoms with Crippen LogP contribution in [0.3, 0.4) is 0 Å². The number of pyridine rings is 1. The number of H-pyrrole nitrogens is 1. The fraction of sp³-hybridized carbons (Fsp3) is 0.154. The van der Waals surface area contributed by atoms with Gasteiger partial charge in [0.05, 0.1) is 0 Å². The number of benzene rings is 1. The molecule has 0 atom stereocenters. The SMILES string of the molecule is CN(Cc1ccc(F)cc1)S(=O)(=O)c1c[nH]ccc1=O. The summed E-state index contributed by atoms with van der Waals surface area (Å²) in [5.74, 6) is -0.390. The third-order valence-corrected chi connectivity index (χ3v) is 4.62. The summed E-state index contributed by atoms with van der Waals surface area (Å²) in [7, 11) is -2.52. The second-order valence-electron chi connectivity index (χ2n) is 4.26. The van der Waals surface area contributed by atoms with E-state index in [-0.39, 0.29) is 11.4 Å². The molecule has 0 radical (unpaired) electrons. The molecule has 106 valence electrons.